The molecular formula is C25H25NO4. The Bertz CT molecular complexity index is 1030. The van der Waals surface area contributed by atoms with E-state index < -0.39 is 0 Å². The molecule has 3 rings (SSSR count). The number of ether oxygens (including phenoxy) is 3. The number of benzene rings is 3. The van der Waals surface area contributed by atoms with Gasteiger partial charge in [0.1, 0.15) is 12.4 Å². The Hall–Kier alpha value is -3.73. The van der Waals surface area contributed by atoms with Crippen LogP contribution in [-0.4, -0.2) is 20.1 Å². The molecule has 0 spiro atoms. The predicted molar refractivity (Wildman–Crippen MR) is 119 cm³/mol. The maximum atomic E-state index is 12.3. The topological polar surface area (TPSA) is 56.8 Å². The Morgan fingerprint density at radius 3 is 2.37 bits per heavy atom. The molecule has 1 amide bonds. The van der Waals surface area contributed by atoms with Crippen molar-refractivity contribution in [1.29, 1.82) is 0 Å². The van der Waals surface area contributed by atoms with Gasteiger partial charge in [-0.25, -0.2) is 0 Å². The summed E-state index contributed by atoms with van der Waals surface area (Å²) >= 11 is 0. The van der Waals surface area contributed by atoms with Crippen LogP contribution in [0.4, 0.5) is 5.69 Å². The summed E-state index contributed by atoms with van der Waals surface area (Å²) in [5, 5.41) is 2.84. The smallest absolute Gasteiger partial charge is 0.248 e. The molecule has 5 heteroatoms. The second-order valence-electron chi connectivity index (χ2n) is 6.71. The standard InChI is InChI=1S/C25H25NO4/c1-18-9-12-22(28-2)21(15-18)26-25(27)14-11-19-10-13-23(24(16-19)29-3)30-17-20-7-5-4-6-8-20/h4-16H,17H2,1-3H3,(H,26,27). The lowest BCUT2D eigenvalue weighted by atomic mass is 10.1. The highest BCUT2D eigenvalue weighted by molar-refractivity contribution is 6.02. The van der Waals surface area contributed by atoms with Gasteiger partial charge in [-0.05, 0) is 54.0 Å². The van der Waals surface area contributed by atoms with Crippen LogP contribution in [0.2, 0.25) is 0 Å². The predicted octanol–water partition coefficient (Wildman–Crippen LogP) is 5.24. The highest BCUT2D eigenvalue weighted by atomic mass is 16.5. The minimum Gasteiger partial charge on any atom is -0.495 e. The van der Waals surface area contributed by atoms with Crippen molar-refractivity contribution in [3.8, 4) is 17.2 Å². The summed E-state index contributed by atoms with van der Waals surface area (Å²) in [7, 11) is 3.17. The van der Waals surface area contributed by atoms with E-state index >= 15 is 0 Å². The van der Waals surface area contributed by atoms with Crippen molar-refractivity contribution in [1.82, 2.24) is 0 Å². The van der Waals surface area contributed by atoms with E-state index in [0.717, 1.165) is 16.7 Å². The number of rotatable bonds is 8. The molecule has 0 radical (unpaired) electrons. The average Bonchev–Trinajstić information content (AvgIpc) is 2.77. The number of amides is 1. The first-order chi connectivity index (χ1) is 14.6. The van der Waals surface area contributed by atoms with E-state index in [0.29, 0.717) is 29.5 Å². The van der Waals surface area contributed by atoms with Crippen LogP contribution < -0.4 is 19.5 Å². The van der Waals surface area contributed by atoms with Gasteiger partial charge in [0.2, 0.25) is 5.91 Å². The molecule has 0 aliphatic heterocycles. The lowest BCUT2D eigenvalue weighted by molar-refractivity contribution is -0.111. The number of anilines is 1. The molecule has 1 N–H and O–H groups in total. The van der Waals surface area contributed by atoms with Crippen molar-refractivity contribution in [2.75, 3.05) is 19.5 Å². The molecule has 0 aliphatic rings. The fourth-order valence-electron chi connectivity index (χ4n) is 2.91. The summed E-state index contributed by atoms with van der Waals surface area (Å²) in [4.78, 5) is 12.3. The van der Waals surface area contributed by atoms with Gasteiger partial charge in [0.05, 0.1) is 19.9 Å². The van der Waals surface area contributed by atoms with Crippen LogP contribution in [0, 0.1) is 6.92 Å². The van der Waals surface area contributed by atoms with E-state index in [1.54, 1.807) is 20.3 Å². The van der Waals surface area contributed by atoms with Crippen LogP contribution >= 0.6 is 0 Å². The summed E-state index contributed by atoms with van der Waals surface area (Å²) in [6, 6.07) is 21.1. The van der Waals surface area contributed by atoms with Crippen molar-refractivity contribution in [2.45, 2.75) is 13.5 Å². The molecule has 5 nitrogen and oxygen atoms in total. The van der Waals surface area contributed by atoms with Gasteiger partial charge in [-0.15, -0.1) is 0 Å². The zero-order chi connectivity index (χ0) is 21.3. The molecule has 0 atom stereocenters. The Labute approximate surface area is 176 Å². The molecule has 0 aliphatic carbocycles. The summed E-state index contributed by atoms with van der Waals surface area (Å²) in [6.07, 6.45) is 3.20. The van der Waals surface area contributed by atoms with Gasteiger partial charge >= 0.3 is 0 Å². The van der Waals surface area contributed by atoms with Crippen LogP contribution in [0.3, 0.4) is 0 Å². The third-order valence-corrected chi connectivity index (χ3v) is 4.46. The number of hydrogen-bond donors (Lipinski definition) is 1. The van der Waals surface area contributed by atoms with Crippen LogP contribution in [0.5, 0.6) is 17.2 Å². The number of methoxy groups -OCH3 is 2. The van der Waals surface area contributed by atoms with Gasteiger partial charge in [-0.3, -0.25) is 4.79 Å². The van der Waals surface area contributed by atoms with E-state index in [1.807, 2.05) is 73.7 Å². The molecule has 0 fully saturated rings. The highest BCUT2D eigenvalue weighted by Crippen LogP contribution is 2.29. The summed E-state index contributed by atoms with van der Waals surface area (Å²) in [6.45, 7) is 2.41. The lowest BCUT2D eigenvalue weighted by Crippen LogP contribution is -2.09. The first kappa shape index (κ1) is 21.0. The number of nitrogens with one attached hydrogen (secondary N) is 1. The molecule has 154 valence electrons. The van der Waals surface area contributed by atoms with Gasteiger partial charge in [0.15, 0.2) is 11.5 Å². The number of carbonyl (C=O) groups is 1. The van der Waals surface area contributed by atoms with Crippen molar-refractivity contribution in [3.05, 3.63) is 89.5 Å². The van der Waals surface area contributed by atoms with E-state index in [2.05, 4.69) is 5.32 Å². The number of carbonyl (C=O) groups excluding carboxylic acids is 1. The second-order valence-corrected chi connectivity index (χ2v) is 6.71. The first-order valence-electron chi connectivity index (χ1n) is 9.57. The summed E-state index contributed by atoms with van der Waals surface area (Å²) < 4.78 is 16.6. The Balaban J connectivity index is 1.66. The van der Waals surface area contributed by atoms with Crippen LogP contribution in [0.25, 0.3) is 6.08 Å². The monoisotopic (exact) mass is 403 g/mol. The molecule has 3 aromatic rings. The van der Waals surface area contributed by atoms with E-state index in [4.69, 9.17) is 14.2 Å². The molecule has 30 heavy (non-hydrogen) atoms. The third-order valence-electron chi connectivity index (χ3n) is 4.46. The summed E-state index contributed by atoms with van der Waals surface area (Å²) in [5.41, 5.74) is 3.57. The van der Waals surface area contributed by atoms with Crippen molar-refractivity contribution in [3.63, 3.8) is 0 Å². The molecule has 0 saturated carbocycles. The SMILES string of the molecule is COc1ccc(C)cc1NC(=O)C=Cc1ccc(OCc2ccccc2)c(OC)c1. The van der Waals surface area contributed by atoms with Crippen LogP contribution in [0.15, 0.2) is 72.8 Å². The molecule has 0 bridgehead atoms. The maximum Gasteiger partial charge on any atom is 0.248 e. The first-order valence-corrected chi connectivity index (χ1v) is 9.57. The zero-order valence-corrected chi connectivity index (χ0v) is 17.3. The fraction of sp³-hybridized carbons (Fsp3) is 0.160. The minimum absolute atomic E-state index is 0.248. The van der Waals surface area contributed by atoms with Gasteiger partial charge in [-0.2, -0.15) is 0 Å². The summed E-state index contributed by atoms with van der Waals surface area (Å²) in [5.74, 6) is 1.62. The Morgan fingerprint density at radius 2 is 1.63 bits per heavy atom. The van der Waals surface area contributed by atoms with E-state index in [-0.39, 0.29) is 5.91 Å². The Morgan fingerprint density at radius 1 is 0.900 bits per heavy atom. The van der Waals surface area contributed by atoms with E-state index in [1.165, 1.54) is 6.08 Å². The quantitative estimate of drug-likeness (QED) is 0.523. The molecule has 0 aromatic heterocycles. The molecule has 3 aromatic carbocycles. The highest BCUT2D eigenvalue weighted by Gasteiger charge is 2.07. The van der Waals surface area contributed by atoms with Crippen LogP contribution in [-0.2, 0) is 11.4 Å². The lowest BCUT2D eigenvalue weighted by Gasteiger charge is -2.11. The average molecular weight is 403 g/mol. The maximum absolute atomic E-state index is 12.3. The normalized spacial score (nSPS) is 10.6. The van der Waals surface area contributed by atoms with Gasteiger partial charge < -0.3 is 19.5 Å². The molecule has 0 saturated heterocycles. The van der Waals surface area contributed by atoms with Gasteiger partial charge in [-0.1, -0.05) is 42.5 Å². The molecular weight excluding hydrogens is 378 g/mol. The van der Waals surface area contributed by atoms with E-state index in [9.17, 15) is 4.79 Å². The largest absolute Gasteiger partial charge is 0.495 e. The zero-order valence-electron chi connectivity index (χ0n) is 17.3. The number of aryl methyl sites for hydroxylation is 1. The fourth-order valence-corrected chi connectivity index (χ4v) is 2.91. The van der Waals surface area contributed by atoms with Crippen molar-refractivity contribution < 1.29 is 19.0 Å². The Kier molecular flexibility index (Phi) is 7.11. The van der Waals surface area contributed by atoms with Crippen LogP contribution in [0.1, 0.15) is 16.7 Å². The van der Waals surface area contributed by atoms with Crippen molar-refractivity contribution >= 4 is 17.7 Å². The van der Waals surface area contributed by atoms with Gasteiger partial charge in [0, 0.05) is 6.08 Å². The second kappa shape index (κ2) is 10.2. The molecule has 0 unspecified atom stereocenters. The van der Waals surface area contributed by atoms with Crippen molar-refractivity contribution in [2.24, 2.45) is 0 Å². The van der Waals surface area contributed by atoms with Gasteiger partial charge in [0.25, 0.3) is 0 Å². The third kappa shape index (κ3) is 5.64. The minimum atomic E-state index is -0.248. The number of hydrogen-bond acceptors (Lipinski definition) is 4. The molecule has 0 heterocycles.